The minimum Gasteiger partial charge on any atom is -0.473 e. The lowest BCUT2D eigenvalue weighted by Crippen LogP contribution is -2.40. The molecule has 0 spiro atoms. The maximum absolute atomic E-state index is 12.0. The van der Waals surface area contributed by atoms with Crippen molar-refractivity contribution in [2.75, 3.05) is 13.2 Å². The van der Waals surface area contributed by atoms with Gasteiger partial charge in [-0.3, -0.25) is 0 Å². The molecule has 1 aliphatic carbocycles. The summed E-state index contributed by atoms with van der Waals surface area (Å²) in [6.45, 7) is 0.983. The maximum Gasteiger partial charge on any atom is 0.389 e. The second-order valence-corrected chi connectivity index (χ2v) is 5.98. The summed E-state index contributed by atoms with van der Waals surface area (Å²) in [5, 5.41) is 3.37. The van der Waals surface area contributed by atoms with Crippen LogP contribution in [0.3, 0.4) is 0 Å². The minimum atomic E-state index is -4.15. The second kappa shape index (κ2) is 5.96. The zero-order valence-electron chi connectivity index (χ0n) is 11.2. The molecule has 2 bridgehead atoms. The Balaban J connectivity index is 1.48. The highest BCUT2D eigenvalue weighted by Gasteiger charge is 2.41. The average molecular weight is 323 g/mol. The zero-order valence-corrected chi connectivity index (χ0v) is 12.0. The first-order valence-electron chi connectivity index (χ1n) is 6.93. The largest absolute Gasteiger partial charge is 0.473 e. The fraction of sp³-hybridized carbons (Fsp3) is 0.833. The molecule has 2 fully saturated rings. The van der Waals surface area contributed by atoms with Crippen molar-refractivity contribution in [3.05, 3.63) is 0 Å². The number of hydrogen-bond acceptors (Lipinski definition) is 6. The number of alkyl halides is 3. The molecule has 0 aromatic carbocycles. The molecule has 9 heteroatoms. The van der Waals surface area contributed by atoms with Gasteiger partial charge in [0, 0.05) is 12.5 Å². The van der Waals surface area contributed by atoms with Crippen molar-refractivity contribution >= 4 is 11.7 Å². The summed E-state index contributed by atoms with van der Waals surface area (Å²) < 4.78 is 55.2. The molecule has 1 aromatic heterocycles. The molecule has 2 aliphatic rings. The quantitative estimate of drug-likeness (QED) is 0.815. The lowest BCUT2D eigenvalue weighted by atomic mass is 10.1. The van der Waals surface area contributed by atoms with Crippen molar-refractivity contribution in [3.8, 4) is 11.8 Å². The van der Waals surface area contributed by atoms with Crippen molar-refractivity contribution in [1.29, 1.82) is 0 Å². The van der Waals surface area contributed by atoms with Crippen LogP contribution in [0.5, 0.6) is 11.8 Å². The third kappa shape index (κ3) is 3.76. The Bertz CT molecular complexity index is 483. The van der Waals surface area contributed by atoms with Gasteiger partial charge in [0.25, 0.3) is 11.8 Å². The summed E-state index contributed by atoms with van der Waals surface area (Å²) in [7, 11) is 0. The molecule has 3 atom stereocenters. The summed E-state index contributed by atoms with van der Waals surface area (Å²) in [5.74, 6) is 1.14. The van der Waals surface area contributed by atoms with E-state index < -0.39 is 12.6 Å². The van der Waals surface area contributed by atoms with E-state index in [-0.39, 0.29) is 25.0 Å². The smallest absolute Gasteiger partial charge is 0.389 e. The van der Waals surface area contributed by atoms with Gasteiger partial charge in [-0.25, -0.2) is 0 Å². The van der Waals surface area contributed by atoms with Crippen molar-refractivity contribution in [2.45, 2.75) is 44.0 Å². The summed E-state index contributed by atoms with van der Waals surface area (Å²) in [6, 6.07) is 0.328. The summed E-state index contributed by atoms with van der Waals surface area (Å²) in [4.78, 5) is 0. The summed E-state index contributed by atoms with van der Waals surface area (Å²) in [6.07, 6.45) is -3.00. The molecule has 0 radical (unpaired) electrons. The predicted molar refractivity (Wildman–Crippen MR) is 69.6 cm³/mol. The number of hydrogen-bond donors (Lipinski definition) is 1. The summed E-state index contributed by atoms with van der Waals surface area (Å²) in [5.41, 5.74) is 0. The molecule has 21 heavy (non-hydrogen) atoms. The SMILES string of the molecule is FC(F)(F)CCCOc1nsnc1OC1CC2CNC1C2. The molecule has 0 amide bonds. The van der Waals surface area contributed by atoms with Crippen molar-refractivity contribution in [3.63, 3.8) is 0 Å². The van der Waals surface area contributed by atoms with Gasteiger partial charge in [0.2, 0.25) is 0 Å². The van der Waals surface area contributed by atoms with Crippen LogP contribution >= 0.6 is 11.7 Å². The number of piperidine rings is 1. The fourth-order valence-corrected chi connectivity index (χ4v) is 3.29. The number of halogens is 3. The number of rotatable bonds is 6. The van der Waals surface area contributed by atoms with Crippen molar-refractivity contribution in [1.82, 2.24) is 14.1 Å². The number of ether oxygens (including phenoxy) is 2. The van der Waals surface area contributed by atoms with Gasteiger partial charge in [-0.05, 0) is 31.7 Å². The van der Waals surface area contributed by atoms with Crippen LogP contribution in [0.4, 0.5) is 13.2 Å². The van der Waals surface area contributed by atoms with Gasteiger partial charge < -0.3 is 14.8 Å². The Morgan fingerprint density at radius 1 is 1.24 bits per heavy atom. The molecule has 3 rings (SSSR count). The molecule has 1 aromatic rings. The lowest BCUT2D eigenvalue weighted by molar-refractivity contribution is -0.136. The minimum absolute atomic E-state index is 0.0454. The highest BCUT2D eigenvalue weighted by molar-refractivity contribution is 6.99. The van der Waals surface area contributed by atoms with E-state index in [0.717, 1.165) is 31.1 Å². The van der Waals surface area contributed by atoms with E-state index in [0.29, 0.717) is 17.8 Å². The van der Waals surface area contributed by atoms with Crippen LogP contribution in [0.2, 0.25) is 0 Å². The predicted octanol–water partition coefficient (Wildman–Crippen LogP) is 2.39. The summed E-state index contributed by atoms with van der Waals surface area (Å²) >= 11 is 0.941. The standard InChI is InChI=1S/C12H16F3N3O2S/c13-12(14,15)2-1-3-19-10-11(18-21-17-10)20-9-5-7-4-8(9)16-6-7/h7-9,16H,1-6H2. The molecule has 5 nitrogen and oxygen atoms in total. The Hall–Kier alpha value is -1.09. The van der Waals surface area contributed by atoms with Gasteiger partial charge in [-0.1, -0.05) is 0 Å². The average Bonchev–Trinajstić information content (AvgIpc) is 3.10. The van der Waals surface area contributed by atoms with Crippen LogP contribution < -0.4 is 14.8 Å². The van der Waals surface area contributed by atoms with E-state index in [4.69, 9.17) is 9.47 Å². The Labute approximate surface area is 124 Å². The Kier molecular flexibility index (Phi) is 4.21. The Morgan fingerprint density at radius 3 is 2.71 bits per heavy atom. The normalized spacial score (nSPS) is 28.0. The molecule has 118 valence electrons. The highest BCUT2D eigenvalue weighted by Crippen LogP contribution is 2.35. The second-order valence-electron chi connectivity index (χ2n) is 5.45. The van der Waals surface area contributed by atoms with Crippen LogP contribution in [0.1, 0.15) is 25.7 Å². The van der Waals surface area contributed by atoms with Gasteiger partial charge in [0.15, 0.2) is 0 Å². The number of fused-ring (bicyclic) bond motifs is 2. The van der Waals surface area contributed by atoms with E-state index >= 15 is 0 Å². The van der Waals surface area contributed by atoms with E-state index in [1.807, 2.05) is 0 Å². The first-order valence-corrected chi connectivity index (χ1v) is 7.66. The van der Waals surface area contributed by atoms with Crippen LogP contribution in [0.25, 0.3) is 0 Å². The first kappa shape index (κ1) is 14.8. The molecular weight excluding hydrogens is 307 g/mol. The van der Waals surface area contributed by atoms with E-state index in [9.17, 15) is 13.2 Å². The van der Waals surface area contributed by atoms with Gasteiger partial charge in [-0.2, -0.15) is 13.2 Å². The van der Waals surface area contributed by atoms with Crippen LogP contribution in [0, 0.1) is 5.92 Å². The molecular formula is C12H16F3N3O2S. The first-order chi connectivity index (χ1) is 10.0. The third-order valence-electron chi connectivity index (χ3n) is 3.81. The topological polar surface area (TPSA) is 56.3 Å². The molecule has 1 aliphatic heterocycles. The van der Waals surface area contributed by atoms with Gasteiger partial charge in [-0.15, -0.1) is 8.75 Å². The zero-order chi connectivity index (χ0) is 14.9. The monoisotopic (exact) mass is 323 g/mol. The van der Waals surface area contributed by atoms with Crippen LogP contribution in [0.15, 0.2) is 0 Å². The van der Waals surface area contributed by atoms with E-state index in [2.05, 4.69) is 14.1 Å². The van der Waals surface area contributed by atoms with E-state index in [1.165, 1.54) is 0 Å². The van der Waals surface area contributed by atoms with Crippen molar-refractivity contribution in [2.24, 2.45) is 5.92 Å². The fourth-order valence-electron chi connectivity index (χ4n) is 2.85. The van der Waals surface area contributed by atoms with Crippen LogP contribution in [-0.4, -0.2) is 40.2 Å². The Morgan fingerprint density at radius 2 is 2.05 bits per heavy atom. The number of nitrogens with zero attached hydrogens (tertiary/aromatic N) is 2. The van der Waals surface area contributed by atoms with Crippen molar-refractivity contribution < 1.29 is 22.6 Å². The van der Waals surface area contributed by atoms with Gasteiger partial charge in [0.05, 0.1) is 18.3 Å². The molecule has 3 unspecified atom stereocenters. The molecule has 1 N–H and O–H groups in total. The number of nitrogens with one attached hydrogen (secondary N) is 1. The molecule has 1 saturated carbocycles. The molecule has 1 saturated heterocycles. The highest BCUT2D eigenvalue weighted by atomic mass is 32.1. The van der Waals surface area contributed by atoms with Gasteiger partial charge >= 0.3 is 6.18 Å². The van der Waals surface area contributed by atoms with E-state index in [1.54, 1.807) is 0 Å². The van der Waals surface area contributed by atoms with Gasteiger partial charge in [0.1, 0.15) is 6.10 Å². The van der Waals surface area contributed by atoms with Crippen LogP contribution in [-0.2, 0) is 0 Å². The molecule has 2 heterocycles. The third-order valence-corrected chi connectivity index (χ3v) is 4.30. The lowest BCUT2D eigenvalue weighted by Gasteiger charge is -2.22. The number of aromatic nitrogens is 2. The maximum atomic E-state index is 12.0.